The van der Waals surface area contributed by atoms with Gasteiger partial charge in [0, 0.05) is 25.1 Å². The summed E-state index contributed by atoms with van der Waals surface area (Å²) in [5.41, 5.74) is 1.05. The molecule has 1 aromatic carbocycles. The van der Waals surface area contributed by atoms with Crippen LogP contribution in [0.15, 0.2) is 30.9 Å². The molecule has 144 valence electrons. The third kappa shape index (κ3) is 4.11. The van der Waals surface area contributed by atoms with E-state index in [1.54, 1.807) is 17.0 Å². The van der Waals surface area contributed by atoms with Crippen molar-refractivity contribution in [2.45, 2.75) is 38.6 Å². The molecular formula is C21H28N3O3+. The van der Waals surface area contributed by atoms with Crippen LogP contribution in [-0.2, 0) is 0 Å². The second kappa shape index (κ2) is 8.48. The van der Waals surface area contributed by atoms with E-state index >= 15 is 0 Å². The summed E-state index contributed by atoms with van der Waals surface area (Å²) in [5, 5.41) is 2.93. The van der Waals surface area contributed by atoms with Crippen LogP contribution < -0.4 is 10.2 Å². The van der Waals surface area contributed by atoms with E-state index in [1.165, 1.54) is 37.9 Å². The fourth-order valence-electron chi connectivity index (χ4n) is 3.97. The molecule has 2 aliphatic heterocycles. The molecule has 0 saturated carbocycles. The normalized spacial score (nSPS) is 21.9. The van der Waals surface area contributed by atoms with Crippen molar-refractivity contribution in [1.82, 2.24) is 10.2 Å². The highest BCUT2D eigenvalue weighted by molar-refractivity contribution is 6.22. The topological polar surface area (TPSA) is 70.9 Å². The number of likely N-dealkylation sites (tertiary alicyclic amines) is 1. The molecular weight excluding hydrogens is 342 g/mol. The highest BCUT2D eigenvalue weighted by Gasteiger charge is 2.35. The van der Waals surface area contributed by atoms with Gasteiger partial charge < -0.3 is 10.2 Å². The third-order valence-electron chi connectivity index (χ3n) is 5.59. The SMILES string of the molecule is C=CCN1C(=O)c2ccc(C(=O)NCCC[NH+]3CCCC[C@@H]3C)cc2C1=O. The zero-order valence-corrected chi connectivity index (χ0v) is 15.9. The maximum atomic E-state index is 12.4. The van der Waals surface area contributed by atoms with Crippen LogP contribution in [0.5, 0.6) is 0 Å². The molecule has 2 heterocycles. The number of hydrogen-bond donors (Lipinski definition) is 2. The molecule has 6 nitrogen and oxygen atoms in total. The van der Waals surface area contributed by atoms with Crippen LogP contribution >= 0.6 is 0 Å². The van der Waals surface area contributed by atoms with Crippen molar-refractivity contribution < 1.29 is 19.3 Å². The lowest BCUT2D eigenvalue weighted by Gasteiger charge is -2.30. The van der Waals surface area contributed by atoms with Gasteiger partial charge in [-0.05, 0) is 44.4 Å². The maximum absolute atomic E-state index is 12.4. The van der Waals surface area contributed by atoms with Crippen molar-refractivity contribution in [3.63, 3.8) is 0 Å². The third-order valence-corrected chi connectivity index (χ3v) is 5.59. The summed E-state index contributed by atoms with van der Waals surface area (Å²) >= 11 is 0. The van der Waals surface area contributed by atoms with E-state index in [4.69, 9.17) is 0 Å². The number of carbonyl (C=O) groups is 3. The molecule has 3 amide bonds. The van der Waals surface area contributed by atoms with Gasteiger partial charge in [-0.15, -0.1) is 6.58 Å². The Balaban J connectivity index is 1.55. The van der Waals surface area contributed by atoms with Gasteiger partial charge in [0.2, 0.25) is 0 Å². The summed E-state index contributed by atoms with van der Waals surface area (Å²) in [7, 11) is 0. The second-order valence-corrected chi connectivity index (χ2v) is 7.43. The first-order valence-corrected chi connectivity index (χ1v) is 9.77. The number of rotatable bonds is 7. The number of benzene rings is 1. The molecule has 1 unspecified atom stereocenters. The van der Waals surface area contributed by atoms with Crippen LogP contribution in [0.25, 0.3) is 0 Å². The Hall–Kier alpha value is -2.47. The quantitative estimate of drug-likeness (QED) is 0.428. The largest absolute Gasteiger partial charge is 0.352 e. The number of quaternary nitrogens is 1. The highest BCUT2D eigenvalue weighted by atomic mass is 16.2. The molecule has 1 fully saturated rings. The van der Waals surface area contributed by atoms with Crippen molar-refractivity contribution in [1.29, 1.82) is 0 Å². The number of imide groups is 1. The monoisotopic (exact) mass is 370 g/mol. The summed E-state index contributed by atoms with van der Waals surface area (Å²) in [5.74, 6) is -0.908. The van der Waals surface area contributed by atoms with Crippen molar-refractivity contribution in [3.05, 3.63) is 47.5 Å². The highest BCUT2D eigenvalue weighted by Crippen LogP contribution is 2.23. The van der Waals surface area contributed by atoms with Gasteiger partial charge in [-0.1, -0.05) is 6.08 Å². The van der Waals surface area contributed by atoms with Crippen LogP contribution in [0.4, 0.5) is 0 Å². The van der Waals surface area contributed by atoms with Gasteiger partial charge in [-0.25, -0.2) is 0 Å². The van der Waals surface area contributed by atoms with E-state index in [0.717, 1.165) is 17.9 Å². The van der Waals surface area contributed by atoms with Gasteiger partial charge >= 0.3 is 0 Å². The van der Waals surface area contributed by atoms with Gasteiger partial charge in [0.15, 0.2) is 0 Å². The minimum absolute atomic E-state index is 0.172. The number of nitrogens with one attached hydrogen (secondary N) is 2. The van der Waals surface area contributed by atoms with Gasteiger partial charge in [-0.2, -0.15) is 0 Å². The first kappa shape index (κ1) is 19.3. The minimum Gasteiger partial charge on any atom is -0.352 e. The van der Waals surface area contributed by atoms with E-state index in [-0.39, 0.29) is 24.3 Å². The Morgan fingerprint density at radius 3 is 2.81 bits per heavy atom. The second-order valence-electron chi connectivity index (χ2n) is 7.43. The standard InChI is InChI=1S/C21H27N3O3/c1-3-11-24-20(26)17-9-8-16(14-18(17)21(24)27)19(25)22-10-6-13-23-12-5-4-7-15(23)2/h3,8-9,14-15H,1,4-7,10-13H2,2H3,(H,22,25)/p+1/t15-/m0/s1. The first-order chi connectivity index (χ1) is 13.0. The molecule has 2 atom stereocenters. The number of nitrogens with zero attached hydrogens (tertiary/aromatic N) is 1. The summed E-state index contributed by atoms with van der Waals surface area (Å²) in [6.07, 6.45) is 6.34. The van der Waals surface area contributed by atoms with Crippen LogP contribution in [-0.4, -0.2) is 54.8 Å². The molecule has 3 rings (SSSR count). The predicted molar refractivity (Wildman–Crippen MR) is 103 cm³/mol. The number of carbonyl (C=O) groups excluding carboxylic acids is 3. The molecule has 1 saturated heterocycles. The average Bonchev–Trinajstić information content (AvgIpc) is 2.91. The summed E-state index contributed by atoms with van der Waals surface area (Å²) < 4.78 is 0. The lowest BCUT2D eigenvalue weighted by molar-refractivity contribution is -0.928. The molecule has 6 heteroatoms. The smallest absolute Gasteiger partial charge is 0.261 e. The lowest BCUT2D eigenvalue weighted by atomic mass is 10.0. The maximum Gasteiger partial charge on any atom is 0.261 e. The summed E-state index contributed by atoms with van der Waals surface area (Å²) in [6.45, 7) is 8.94. The number of fused-ring (bicyclic) bond motifs is 1. The number of hydrogen-bond acceptors (Lipinski definition) is 3. The molecule has 0 aliphatic carbocycles. The van der Waals surface area contributed by atoms with Crippen LogP contribution in [0.1, 0.15) is 63.7 Å². The zero-order valence-electron chi connectivity index (χ0n) is 15.9. The molecule has 0 aromatic heterocycles. The molecule has 0 radical (unpaired) electrons. The number of piperidine rings is 1. The van der Waals surface area contributed by atoms with Crippen molar-refractivity contribution >= 4 is 17.7 Å². The van der Waals surface area contributed by atoms with Crippen molar-refractivity contribution in [3.8, 4) is 0 Å². The Morgan fingerprint density at radius 2 is 2.07 bits per heavy atom. The molecule has 2 N–H and O–H groups in total. The van der Waals surface area contributed by atoms with E-state index < -0.39 is 0 Å². The predicted octanol–water partition coefficient (Wildman–Crippen LogP) is 1.05. The van der Waals surface area contributed by atoms with Crippen molar-refractivity contribution in [2.75, 3.05) is 26.2 Å². The van der Waals surface area contributed by atoms with Crippen LogP contribution in [0.3, 0.4) is 0 Å². The zero-order chi connectivity index (χ0) is 19.4. The minimum atomic E-state index is -0.368. The molecule has 0 spiro atoms. The summed E-state index contributed by atoms with van der Waals surface area (Å²) in [4.78, 5) is 39.8. The Labute approximate surface area is 160 Å². The van der Waals surface area contributed by atoms with E-state index in [1.807, 2.05) is 0 Å². The van der Waals surface area contributed by atoms with Gasteiger partial charge in [0.1, 0.15) is 0 Å². The molecule has 2 aliphatic rings. The lowest BCUT2D eigenvalue weighted by Crippen LogP contribution is -3.16. The van der Waals surface area contributed by atoms with E-state index in [0.29, 0.717) is 29.3 Å². The Morgan fingerprint density at radius 1 is 1.30 bits per heavy atom. The Bertz CT molecular complexity index is 759. The van der Waals surface area contributed by atoms with Crippen molar-refractivity contribution in [2.24, 2.45) is 0 Å². The van der Waals surface area contributed by atoms with E-state index in [2.05, 4.69) is 18.8 Å². The van der Waals surface area contributed by atoms with Gasteiger partial charge in [-0.3, -0.25) is 19.3 Å². The van der Waals surface area contributed by atoms with Gasteiger partial charge in [0.05, 0.1) is 30.3 Å². The first-order valence-electron chi connectivity index (χ1n) is 9.77. The fraction of sp³-hybridized carbons (Fsp3) is 0.476. The van der Waals surface area contributed by atoms with Crippen LogP contribution in [0, 0.1) is 0 Å². The summed E-state index contributed by atoms with van der Waals surface area (Å²) in [6, 6.07) is 5.39. The molecule has 1 aromatic rings. The Kier molecular flexibility index (Phi) is 6.06. The molecule has 27 heavy (non-hydrogen) atoms. The van der Waals surface area contributed by atoms with Gasteiger partial charge in [0.25, 0.3) is 17.7 Å². The molecule has 0 bridgehead atoms. The average molecular weight is 370 g/mol. The van der Waals surface area contributed by atoms with Crippen LogP contribution in [0.2, 0.25) is 0 Å². The number of amides is 3. The fourth-order valence-corrected chi connectivity index (χ4v) is 3.97. The van der Waals surface area contributed by atoms with E-state index in [9.17, 15) is 14.4 Å².